The van der Waals surface area contributed by atoms with E-state index in [-0.39, 0.29) is 77.0 Å². The van der Waals surface area contributed by atoms with Crippen molar-refractivity contribution in [3.05, 3.63) is 108 Å². The van der Waals surface area contributed by atoms with Crippen LogP contribution in [0.4, 0.5) is 0 Å². The number of aromatic amines is 1. The lowest BCUT2D eigenvalue weighted by Gasteiger charge is -2.29. The number of primary amides is 1. The second-order valence-corrected chi connectivity index (χ2v) is 15.1. The van der Waals surface area contributed by atoms with Crippen molar-refractivity contribution in [1.29, 1.82) is 0 Å². The molecule has 12 N–H and O–H groups in total. The van der Waals surface area contributed by atoms with E-state index in [2.05, 4.69) is 36.6 Å². The third kappa shape index (κ3) is 14.2. The molecule has 2 heterocycles. The molecule has 0 spiro atoms. The molecule has 62 heavy (non-hydrogen) atoms. The molecule has 1 aliphatic rings. The van der Waals surface area contributed by atoms with E-state index in [1.807, 2.05) is 30.3 Å². The maximum atomic E-state index is 14.5. The SMILES string of the molecule is NC(=O)CN1CCCNC(=O)CCC(=O)N[C@@H](Cc2ccccc2)C(=O)N[C@H](Cc2ccccc2)C(=O)N[C@@H](CCCN=C(N)N)C(=O)N[C@@H](Cc2c[nH]c3ccccc23)C1=O. The van der Waals surface area contributed by atoms with Gasteiger partial charge in [-0.05, 0) is 42.0 Å². The molecular formula is C44H55N11O7. The molecule has 0 bridgehead atoms. The first-order chi connectivity index (χ1) is 29.9. The number of para-hydroxylation sites is 1. The van der Waals surface area contributed by atoms with E-state index in [9.17, 15) is 33.6 Å². The third-order valence-corrected chi connectivity index (χ3v) is 10.3. The van der Waals surface area contributed by atoms with Crippen molar-refractivity contribution in [3.63, 3.8) is 0 Å². The van der Waals surface area contributed by atoms with Crippen molar-refractivity contribution in [3.8, 4) is 0 Å². The predicted molar refractivity (Wildman–Crippen MR) is 233 cm³/mol. The Labute approximate surface area is 359 Å². The zero-order valence-electron chi connectivity index (χ0n) is 34.4. The summed E-state index contributed by atoms with van der Waals surface area (Å²) >= 11 is 0. The number of fused-ring (bicyclic) bond motifs is 1. The van der Waals surface area contributed by atoms with Crippen molar-refractivity contribution >= 4 is 58.2 Å². The van der Waals surface area contributed by atoms with Crippen LogP contribution < -0.4 is 43.8 Å². The summed E-state index contributed by atoms with van der Waals surface area (Å²) in [5.74, 6) is -4.70. The van der Waals surface area contributed by atoms with Crippen LogP contribution in [-0.2, 0) is 52.8 Å². The summed E-state index contributed by atoms with van der Waals surface area (Å²) in [4.78, 5) is 104. The topological polar surface area (TPSA) is 289 Å². The van der Waals surface area contributed by atoms with Crippen molar-refractivity contribution in [2.24, 2.45) is 22.2 Å². The summed E-state index contributed by atoms with van der Waals surface area (Å²) < 4.78 is 0. The number of guanidine groups is 1. The van der Waals surface area contributed by atoms with Gasteiger partial charge in [0.25, 0.3) is 0 Å². The van der Waals surface area contributed by atoms with Crippen LogP contribution in [-0.4, -0.2) is 108 Å². The lowest BCUT2D eigenvalue weighted by atomic mass is 10.0. The number of H-pyrrole nitrogens is 1. The van der Waals surface area contributed by atoms with Gasteiger partial charge in [0.05, 0.1) is 6.54 Å². The first kappa shape index (κ1) is 45.8. The van der Waals surface area contributed by atoms with Crippen LogP contribution in [0, 0.1) is 0 Å². The largest absolute Gasteiger partial charge is 0.370 e. The zero-order chi connectivity index (χ0) is 44.4. The monoisotopic (exact) mass is 849 g/mol. The number of carbonyl (C=O) groups is 7. The van der Waals surface area contributed by atoms with E-state index in [0.717, 1.165) is 16.5 Å². The molecule has 1 aromatic heterocycles. The van der Waals surface area contributed by atoms with Crippen LogP contribution in [0.3, 0.4) is 0 Å². The molecule has 1 aliphatic heterocycles. The Morgan fingerprint density at radius 2 is 1.23 bits per heavy atom. The number of nitrogens with zero attached hydrogens (tertiary/aromatic N) is 2. The van der Waals surface area contributed by atoms with Crippen LogP contribution in [0.15, 0.2) is 96.1 Å². The van der Waals surface area contributed by atoms with Crippen LogP contribution in [0.5, 0.6) is 0 Å². The molecule has 3 aromatic carbocycles. The summed E-state index contributed by atoms with van der Waals surface area (Å²) in [6, 6.07) is 20.5. The lowest BCUT2D eigenvalue weighted by molar-refractivity contribution is -0.139. The van der Waals surface area contributed by atoms with Gasteiger partial charge in [0.1, 0.15) is 24.2 Å². The highest BCUT2D eigenvalue weighted by Gasteiger charge is 2.34. The number of nitrogens with one attached hydrogen (secondary N) is 6. The standard InChI is InChI=1S/C44H55N11O7/c45-37(56)27-55-22-10-21-48-38(57)18-19-39(58)51-34(23-28-11-3-1-4-12-28)41(60)53-35(24-29-13-5-2-6-14-29)42(61)52-33(17-9-20-49-44(46)47)40(59)54-36(43(55)62)25-30-26-50-32-16-8-7-15-31(30)32/h1-8,11-16,26,33-36,50H,9-10,17-25,27H2,(H2,45,56)(H,48,57)(H,51,58)(H,52,61)(H,53,60)(H,54,59)(H4,46,47,49)/t33-,34-,35+,36-/m0/s1. The highest BCUT2D eigenvalue weighted by atomic mass is 16.2. The Hall–Kier alpha value is -7.24. The minimum absolute atomic E-state index is 0.00816. The molecule has 0 unspecified atom stereocenters. The molecule has 0 saturated carbocycles. The highest BCUT2D eigenvalue weighted by molar-refractivity contribution is 5.97. The first-order valence-electron chi connectivity index (χ1n) is 20.6. The fourth-order valence-corrected chi connectivity index (χ4v) is 7.18. The molecule has 18 heteroatoms. The van der Waals surface area contributed by atoms with Gasteiger partial charge in [0, 0.05) is 68.8 Å². The number of nitrogens with two attached hydrogens (primary N) is 3. The number of hydrogen-bond donors (Lipinski definition) is 9. The molecule has 5 rings (SSSR count). The lowest BCUT2D eigenvalue weighted by Crippen LogP contribution is -2.59. The quantitative estimate of drug-likeness (QED) is 0.0518. The van der Waals surface area contributed by atoms with Gasteiger partial charge < -0.3 is 53.7 Å². The maximum Gasteiger partial charge on any atom is 0.245 e. The molecule has 1 fully saturated rings. The molecule has 18 nitrogen and oxygen atoms in total. The van der Waals surface area contributed by atoms with E-state index in [1.165, 1.54) is 4.90 Å². The van der Waals surface area contributed by atoms with Crippen LogP contribution in [0.2, 0.25) is 0 Å². The van der Waals surface area contributed by atoms with Gasteiger partial charge in [-0.15, -0.1) is 0 Å². The third-order valence-electron chi connectivity index (χ3n) is 10.3. The van der Waals surface area contributed by atoms with Gasteiger partial charge in [0.2, 0.25) is 41.4 Å². The second kappa shape index (κ2) is 22.9. The van der Waals surface area contributed by atoms with Crippen molar-refractivity contribution in [1.82, 2.24) is 36.5 Å². The number of rotatable bonds is 12. The highest BCUT2D eigenvalue weighted by Crippen LogP contribution is 2.20. The average Bonchev–Trinajstić information content (AvgIpc) is 3.66. The van der Waals surface area contributed by atoms with Crippen LogP contribution in [0.1, 0.15) is 48.8 Å². The van der Waals surface area contributed by atoms with E-state index in [0.29, 0.717) is 11.1 Å². The van der Waals surface area contributed by atoms with Crippen molar-refractivity contribution in [2.75, 3.05) is 26.2 Å². The molecular weight excluding hydrogens is 795 g/mol. The summed E-state index contributed by atoms with van der Waals surface area (Å²) in [7, 11) is 0. The van der Waals surface area contributed by atoms with E-state index in [4.69, 9.17) is 17.2 Å². The van der Waals surface area contributed by atoms with Gasteiger partial charge in [0.15, 0.2) is 5.96 Å². The Morgan fingerprint density at radius 3 is 1.87 bits per heavy atom. The minimum atomic E-state index is -1.26. The van der Waals surface area contributed by atoms with E-state index in [1.54, 1.807) is 60.8 Å². The van der Waals surface area contributed by atoms with E-state index >= 15 is 0 Å². The zero-order valence-corrected chi connectivity index (χ0v) is 34.4. The van der Waals surface area contributed by atoms with Crippen LogP contribution in [0.25, 0.3) is 10.9 Å². The summed E-state index contributed by atoms with van der Waals surface area (Å²) in [6.45, 7) is -0.281. The molecule has 4 aromatic rings. The maximum absolute atomic E-state index is 14.5. The number of benzene rings is 3. The first-order valence-corrected chi connectivity index (χ1v) is 20.6. The second-order valence-electron chi connectivity index (χ2n) is 15.1. The number of amides is 7. The normalized spacial score (nSPS) is 20.2. The average molecular weight is 850 g/mol. The van der Waals surface area contributed by atoms with E-state index < -0.39 is 72.1 Å². The minimum Gasteiger partial charge on any atom is -0.370 e. The number of hydrogen-bond acceptors (Lipinski definition) is 8. The van der Waals surface area contributed by atoms with Gasteiger partial charge in [-0.2, -0.15) is 0 Å². The van der Waals surface area contributed by atoms with Crippen LogP contribution >= 0.6 is 0 Å². The predicted octanol–water partition coefficient (Wildman–Crippen LogP) is -0.197. The van der Waals surface area contributed by atoms with Gasteiger partial charge in [-0.1, -0.05) is 78.9 Å². The Bertz CT molecular complexity index is 2210. The molecule has 1 saturated heterocycles. The van der Waals surface area contributed by atoms with Gasteiger partial charge in [-0.25, -0.2) is 0 Å². The molecule has 328 valence electrons. The fourth-order valence-electron chi connectivity index (χ4n) is 7.18. The number of aromatic nitrogens is 1. The summed E-state index contributed by atoms with van der Waals surface area (Å²) in [5, 5.41) is 14.7. The molecule has 0 aliphatic carbocycles. The Balaban J connectivity index is 1.52. The summed E-state index contributed by atoms with van der Waals surface area (Å²) in [5.41, 5.74) is 19.6. The van der Waals surface area contributed by atoms with Gasteiger partial charge in [-0.3, -0.25) is 38.6 Å². The Morgan fingerprint density at radius 1 is 0.661 bits per heavy atom. The summed E-state index contributed by atoms with van der Waals surface area (Å²) in [6.07, 6.45) is 1.83. The number of carbonyl (C=O) groups excluding carboxylic acids is 7. The molecule has 4 atom stereocenters. The number of aliphatic imine (C=N–C) groups is 1. The molecule has 0 radical (unpaired) electrons. The Kier molecular flexibility index (Phi) is 17.0. The molecule has 7 amide bonds. The van der Waals surface area contributed by atoms with Crippen molar-refractivity contribution in [2.45, 2.75) is 75.5 Å². The fraction of sp³-hybridized carbons (Fsp3) is 0.364. The van der Waals surface area contributed by atoms with Gasteiger partial charge >= 0.3 is 0 Å². The smallest absolute Gasteiger partial charge is 0.245 e. The van der Waals surface area contributed by atoms with Crippen molar-refractivity contribution < 1.29 is 33.6 Å².